The number of anilines is 3. The maximum absolute atomic E-state index is 12.1. The molecule has 0 unspecified atom stereocenters. The Morgan fingerprint density at radius 2 is 1.71 bits per heavy atom. The molecule has 1 aromatic carbocycles. The highest BCUT2D eigenvalue weighted by Crippen LogP contribution is 2.32. The normalized spacial score (nSPS) is 10.2. The van der Waals surface area contributed by atoms with E-state index < -0.39 is 21.4 Å². The number of halogens is 1. The standard InChI is InChI=1S/C17H13ClN8O5/c18-15-12(2-1-7-19-15)22-16-14(26(30)31)17(21-9-20-16)24-23-13(27)8-10-3-5-11(6-4-10)25(28)29/h1-7,9H,8H2,(H,23,27)(H2,20,21,22,24). The van der Waals surface area contributed by atoms with Crippen molar-refractivity contribution in [1.29, 1.82) is 0 Å². The third kappa shape index (κ3) is 5.36. The molecule has 0 atom stereocenters. The van der Waals surface area contributed by atoms with E-state index in [-0.39, 0.29) is 28.9 Å². The minimum absolute atomic E-state index is 0.0846. The van der Waals surface area contributed by atoms with Gasteiger partial charge in [-0.05, 0) is 17.7 Å². The average Bonchev–Trinajstić information content (AvgIpc) is 2.74. The lowest BCUT2D eigenvalue weighted by Gasteiger charge is -2.11. The number of nitro groups is 2. The summed E-state index contributed by atoms with van der Waals surface area (Å²) in [6, 6.07) is 8.55. The van der Waals surface area contributed by atoms with Crippen LogP contribution in [0.2, 0.25) is 5.15 Å². The number of hydrazine groups is 1. The monoisotopic (exact) mass is 444 g/mol. The molecule has 2 heterocycles. The molecule has 0 fully saturated rings. The number of benzene rings is 1. The summed E-state index contributed by atoms with van der Waals surface area (Å²) in [5, 5.41) is 25.0. The van der Waals surface area contributed by atoms with Gasteiger partial charge in [-0.15, -0.1) is 0 Å². The minimum Gasteiger partial charge on any atom is -0.332 e. The highest BCUT2D eigenvalue weighted by Gasteiger charge is 2.24. The van der Waals surface area contributed by atoms with Gasteiger partial charge in [-0.1, -0.05) is 23.7 Å². The third-order valence-corrected chi connectivity index (χ3v) is 4.15. The molecular formula is C17H13ClN8O5. The van der Waals surface area contributed by atoms with Crippen molar-refractivity contribution in [3.8, 4) is 0 Å². The van der Waals surface area contributed by atoms with E-state index in [1.165, 1.54) is 30.5 Å². The molecule has 158 valence electrons. The van der Waals surface area contributed by atoms with Crippen LogP contribution >= 0.6 is 11.6 Å². The van der Waals surface area contributed by atoms with E-state index in [1.54, 1.807) is 12.1 Å². The lowest BCUT2D eigenvalue weighted by molar-refractivity contribution is -0.384. The van der Waals surface area contributed by atoms with Crippen molar-refractivity contribution in [2.45, 2.75) is 6.42 Å². The highest BCUT2D eigenvalue weighted by atomic mass is 35.5. The Morgan fingerprint density at radius 1 is 1.00 bits per heavy atom. The second kappa shape index (κ2) is 9.41. The fourth-order valence-corrected chi connectivity index (χ4v) is 2.60. The molecular weight excluding hydrogens is 432 g/mol. The SMILES string of the molecule is O=C(Cc1ccc([N+](=O)[O-])cc1)NNc1ncnc(Nc2cccnc2Cl)c1[N+](=O)[O-]. The van der Waals surface area contributed by atoms with Gasteiger partial charge in [0.05, 0.1) is 22.0 Å². The number of nitro benzene ring substituents is 1. The van der Waals surface area contributed by atoms with E-state index in [9.17, 15) is 25.0 Å². The summed E-state index contributed by atoms with van der Waals surface area (Å²) in [6.45, 7) is 0. The van der Waals surface area contributed by atoms with Crippen molar-refractivity contribution >= 4 is 46.2 Å². The van der Waals surface area contributed by atoms with Crippen molar-refractivity contribution < 1.29 is 14.6 Å². The maximum atomic E-state index is 12.1. The van der Waals surface area contributed by atoms with Gasteiger partial charge in [0.25, 0.3) is 5.69 Å². The number of hydrogen-bond acceptors (Lipinski definition) is 10. The number of nitrogens with zero attached hydrogens (tertiary/aromatic N) is 5. The summed E-state index contributed by atoms with van der Waals surface area (Å²) in [5.41, 5.74) is 4.86. The Hall–Kier alpha value is -4.39. The van der Waals surface area contributed by atoms with Crippen LogP contribution in [0, 0.1) is 20.2 Å². The summed E-state index contributed by atoms with van der Waals surface area (Å²) < 4.78 is 0. The first-order chi connectivity index (χ1) is 14.8. The first-order valence-electron chi connectivity index (χ1n) is 8.50. The van der Waals surface area contributed by atoms with E-state index in [4.69, 9.17) is 11.6 Å². The molecule has 31 heavy (non-hydrogen) atoms. The van der Waals surface area contributed by atoms with E-state index in [2.05, 4.69) is 31.1 Å². The minimum atomic E-state index is -0.725. The summed E-state index contributed by atoms with van der Waals surface area (Å²) in [7, 11) is 0. The quantitative estimate of drug-likeness (QED) is 0.265. The van der Waals surface area contributed by atoms with E-state index in [0.29, 0.717) is 11.3 Å². The van der Waals surface area contributed by atoms with Crippen LogP contribution in [0.15, 0.2) is 48.9 Å². The first kappa shape index (κ1) is 21.3. The van der Waals surface area contributed by atoms with Crippen LogP contribution in [0.1, 0.15) is 5.56 Å². The van der Waals surface area contributed by atoms with Crippen molar-refractivity contribution in [2.24, 2.45) is 0 Å². The number of hydrogen-bond donors (Lipinski definition) is 3. The van der Waals surface area contributed by atoms with Crippen LogP contribution < -0.4 is 16.2 Å². The molecule has 1 amide bonds. The molecule has 0 spiro atoms. The second-order valence-corrected chi connectivity index (χ2v) is 6.27. The lowest BCUT2D eigenvalue weighted by atomic mass is 10.1. The summed E-state index contributed by atoms with van der Waals surface area (Å²) in [6.07, 6.45) is 2.39. The molecule has 14 heteroatoms. The molecule has 0 aliphatic heterocycles. The number of nitrogens with one attached hydrogen (secondary N) is 3. The zero-order valence-electron chi connectivity index (χ0n) is 15.5. The van der Waals surface area contributed by atoms with Gasteiger partial charge in [0.15, 0.2) is 5.15 Å². The fraction of sp³-hybridized carbons (Fsp3) is 0.0588. The fourth-order valence-electron chi connectivity index (χ4n) is 2.44. The van der Waals surface area contributed by atoms with E-state index in [0.717, 1.165) is 6.33 Å². The Balaban J connectivity index is 1.72. The van der Waals surface area contributed by atoms with Crippen molar-refractivity contribution in [3.05, 3.63) is 79.9 Å². The smallest absolute Gasteiger partial charge is 0.332 e. The molecule has 0 saturated heterocycles. The number of rotatable bonds is 8. The van der Waals surface area contributed by atoms with Gasteiger partial charge in [0, 0.05) is 18.3 Å². The van der Waals surface area contributed by atoms with Crippen molar-refractivity contribution in [2.75, 3.05) is 10.7 Å². The molecule has 0 radical (unpaired) electrons. The molecule has 3 rings (SSSR count). The third-order valence-electron chi connectivity index (χ3n) is 3.85. The second-order valence-electron chi connectivity index (χ2n) is 5.92. The van der Waals surface area contributed by atoms with Crippen molar-refractivity contribution in [1.82, 2.24) is 20.4 Å². The molecule has 2 aromatic heterocycles. The number of non-ortho nitro benzene ring substituents is 1. The zero-order valence-corrected chi connectivity index (χ0v) is 16.2. The van der Waals surface area contributed by atoms with Crippen LogP contribution in [0.5, 0.6) is 0 Å². The highest BCUT2D eigenvalue weighted by molar-refractivity contribution is 6.32. The van der Waals surface area contributed by atoms with Gasteiger partial charge >= 0.3 is 5.69 Å². The van der Waals surface area contributed by atoms with Gasteiger partial charge in [-0.25, -0.2) is 15.0 Å². The van der Waals surface area contributed by atoms with Gasteiger partial charge in [-0.2, -0.15) is 0 Å². The number of amides is 1. The van der Waals surface area contributed by atoms with Crippen LogP contribution in [0.4, 0.5) is 28.7 Å². The molecule has 0 bridgehead atoms. The predicted octanol–water partition coefficient (Wildman–Crippen LogP) is 2.77. The van der Waals surface area contributed by atoms with Crippen LogP contribution in [-0.2, 0) is 11.2 Å². The molecule has 13 nitrogen and oxygen atoms in total. The summed E-state index contributed by atoms with van der Waals surface area (Å²) >= 11 is 5.96. The Kier molecular flexibility index (Phi) is 6.47. The summed E-state index contributed by atoms with van der Waals surface area (Å²) in [4.78, 5) is 44.6. The predicted molar refractivity (Wildman–Crippen MR) is 110 cm³/mol. The van der Waals surface area contributed by atoms with Gasteiger partial charge in [0.1, 0.15) is 6.33 Å². The largest absolute Gasteiger partial charge is 0.355 e. The topological polar surface area (TPSA) is 178 Å². The maximum Gasteiger partial charge on any atom is 0.355 e. The van der Waals surface area contributed by atoms with E-state index >= 15 is 0 Å². The zero-order chi connectivity index (χ0) is 22.4. The Morgan fingerprint density at radius 3 is 2.35 bits per heavy atom. The number of carbonyl (C=O) groups is 1. The van der Waals surface area contributed by atoms with Gasteiger partial charge < -0.3 is 5.32 Å². The van der Waals surface area contributed by atoms with Crippen LogP contribution in [-0.4, -0.2) is 30.7 Å². The Labute approximate surface area is 178 Å². The molecule has 0 aliphatic rings. The number of carbonyl (C=O) groups excluding carboxylic acids is 1. The molecule has 0 aliphatic carbocycles. The van der Waals surface area contributed by atoms with E-state index in [1.807, 2.05) is 0 Å². The van der Waals surface area contributed by atoms with Gasteiger partial charge in [0.2, 0.25) is 17.5 Å². The van der Waals surface area contributed by atoms with Crippen LogP contribution in [0.25, 0.3) is 0 Å². The van der Waals surface area contributed by atoms with Gasteiger partial charge in [-0.3, -0.25) is 35.9 Å². The van der Waals surface area contributed by atoms with Crippen molar-refractivity contribution in [3.63, 3.8) is 0 Å². The molecule has 3 N–H and O–H groups in total. The average molecular weight is 445 g/mol. The Bertz CT molecular complexity index is 1140. The number of pyridine rings is 1. The molecule has 3 aromatic rings. The van der Waals surface area contributed by atoms with Crippen LogP contribution in [0.3, 0.4) is 0 Å². The number of aromatic nitrogens is 3. The molecule has 0 saturated carbocycles. The first-order valence-corrected chi connectivity index (χ1v) is 8.88. The summed E-state index contributed by atoms with van der Waals surface area (Å²) in [5.74, 6) is -0.979. The lowest BCUT2D eigenvalue weighted by Crippen LogP contribution is -2.31.